The molecule has 0 aliphatic carbocycles. The van der Waals surface area contributed by atoms with Crippen molar-refractivity contribution in [3.63, 3.8) is 0 Å². The first kappa shape index (κ1) is 17.2. The number of benzene rings is 1. The Morgan fingerprint density at radius 3 is 2.81 bits per heavy atom. The summed E-state index contributed by atoms with van der Waals surface area (Å²) in [6.45, 7) is 5.73. The van der Waals surface area contributed by atoms with Gasteiger partial charge in [-0.25, -0.2) is 15.0 Å². The molecule has 0 spiro atoms. The van der Waals surface area contributed by atoms with Gasteiger partial charge in [0.1, 0.15) is 10.8 Å². The van der Waals surface area contributed by atoms with Crippen molar-refractivity contribution in [2.75, 3.05) is 6.54 Å². The van der Waals surface area contributed by atoms with Crippen molar-refractivity contribution in [2.45, 2.75) is 39.4 Å². The molecule has 1 aromatic carbocycles. The lowest BCUT2D eigenvalue weighted by atomic mass is 10.1. The lowest BCUT2D eigenvalue weighted by molar-refractivity contribution is 0.243. The summed E-state index contributed by atoms with van der Waals surface area (Å²) in [6.07, 6.45) is 5.57. The van der Waals surface area contributed by atoms with Gasteiger partial charge in [0.15, 0.2) is 5.82 Å². The van der Waals surface area contributed by atoms with Crippen LogP contribution in [0, 0.1) is 0 Å². The Bertz CT molecular complexity index is 890. The Morgan fingerprint density at radius 1 is 1.15 bits per heavy atom. The van der Waals surface area contributed by atoms with Crippen LogP contribution in [0.25, 0.3) is 11.5 Å². The first-order valence-electron chi connectivity index (χ1n) is 9.06. The fourth-order valence-corrected chi connectivity index (χ4v) is 3.70. The van der Waals surface area contributed by atoms with E-state index in [-0.39, 0.29) is 0 Å². The molecule has 0 radical (unpaired) electrons. The van der Waals surface area contributed by atoms with Crippen LogP contribution in [0.15, 0.2) is 42.9 Å². The van der Waals surface area contributed by atoms with E-state index < -0.39 is 0 Å². The van der Waals surface area contributed by atoms with E-state index in [2.05, 4.69) is 50.6 Å². The second-order valence-electron chi connectivity index (χ2n) is 6.68. The fourth-order valence-electron chi connectivity index (χ4n) is 3.45. The zero-order chi connectivity index (χ0) is 17.9. The topological polar surface area (TPSA) is 46.8 Å². The van der Waals surface area contributed by atoms with Gasteiger partial charge < -0.3 is 4.57 Å². The van der Waals surface area contributed by atoms with Gasteiger partial charge in [-0.1, -0.05) is 48.9 Å². The molecule has 3 aromatic rings. The van der Waals surface area contributed by atoms with Crippen molar-refractivity contribution in [1.29, 1.82) is 0 Å². The van der Waals surface area contributed by atoms with Crippen molar-refractivity contribution in [3.8, 4) is 11.5 Å². The van der Waals surface area contributed by atoms with Gasteiger partial charge >= 0.3 is 0 Å². The maximum Gasteiger partial charge on any atom is 0.179 e. The summed E-state index contributed by atoms with van der Waals surface area (Å²) >= 11 is 6.55. The fraction of sp³-hybridized carbons (Fsp3) is 0.350. The highest BCUT2D eigenvalue weighted by Crippen LogP contribution is 2.27. The molecule has 0 bridgehead atoms. The molecule has 134 valence electrons. The van der Waals surface area contributed by atoms with E-state index in [4.69, 9.17) is 16.6 Å². The van der Waals surface area contributed by atoms with Gasteiger partial charge in [-0.15, -0.1) is 0 Å². The lowest BCUT2D eigenvalue weighted by Gasteiger charge is -2.28. The van der Waals surface area contributed by atoms with Crippen molar-refractivity contribution in [3.05, 3.63) is 64.8 Å². The normalized spacial score (nSPS) is 14.4. The Hall–Kier alpha value is -2.24. The van der Waals surface area contributed by atoms with E-state index in [0.29, 0.717) is 11.0 Å². The second kappa shape index (κ2) is 7.56. The van der Waals surface area contributed by atoms with Crippen molar-refractivity contribution < 1.29 is 0 Å². The maximum absolute atomic E-state index is 6.55. The molecule has 0 N–H and O–H groups in total. The van der Waals surface area contributed by atoms with Gasteiger partial charge in [0, 0.05) is 38.2 Å². The third kappa shape index (κ3) is 3.50. The molecule has 0 saturated carbocycles. The second-order valence-corrected chi connectivity index (χ2v) is 7.04. The van der Waals surface area contributed by atoms with Gasteiger partial charge in [0.2, 0.25) is 0 Å². The van der Waals surface area contributed by atoms with E-state index in [0.717, 1.165) is 56.0 Å². The number of halogens is 1. The summed E-state index contributed by atoms with van der Waals surface area (Å²) in [5.74, 6) is 0.677. The first-order valence-corrected chi connectivity index (χ1v) is 9.44. The maximum atomic E-state index is 6.55. The van der Waals surface area contributed by atoms with Crippen LogP contribution in [0.4, 0.5) is 0 Å². The Balaban J connectivity index is 1.58. The van der Waals surface area contributed by atoms with Crippen LogP contribution in [-0.4, -0.2) is 31.0 Å². The van der Waals surface area contributed by atoms with E-state index in [1.54, 1.807) is 0 Å². The Morgan fingerprint density at radius 2 is 2.00 bits per heavy atom. The number of hydrogen-bond donors (Lipinski definition) is 0. The summed E-state index contributed by atoms with van der Waals surface area (Å²) in [7, 11) is 0. The number of fused-ring (bicyclic) bond motifs is 1. The molecule has 5 nitrogen and oxygen atoms in total. The van der Waals surface area contributed by atoms with Crippen LogP contribution < -0.4 is 0 Å². The van der Waals surface area contributed by atoms with Crippen LogP contribution >= 0.6 is 11.6 Å². The molecule has 1 aliphatic rings. The highest BCUT2D eigenvalue weighted by Gasteiger charge is 2.23. The molecule has 0 atom stereocenters. The van der Waals surface area contributed by atoms with Crippen molar-refractivity contribution >= 4 is 11.6 Å². The molecule has 4 rings (SSSR count). The standard InChI is InChI=1S/C20H22ClN5/c1-2-9-26-14-22-11-18(26)20-23-17-8-10-25(13-16(17)19(21)24-20)12-15-6-4-3-5-7-15/h3-7,11,14H,2,8-10,12-13H2,1H3. The molecule has 0 amide bonds. The first-order chi connectivity index (χ1) is 12.7. The largest absolute Gasteiger partial charge is 0.328 e. The van der Waals surface area contributed by atoms with E-state index in [1.807, 2.05) is 18.6 Å². The SMILES string of the molecule is CCCn1cncc1-c1nc(Cl)c2c(n1)CCN(Cc1ccccc1)C2. The number of imidazole rings is 1. The minimum Gasteiger partial charge on any atom is -0.328 e. The van der Waals surface area contributed by atoms with Gasteiger partial charge in [0.05, 0.1) is 18.2 Å². The van der Waals surface area contributed by atoms with Gasteiger partial charge in [-0.05, 0) is 12.0 Å². The average molecular weight is 368 g/mol. The monoisotopic (exact) mass is 367 g/mol. The highest BCUT2D eigenvalue weighted by atomic mass is 35.5. The van der Waals surface area contributed by atoms with Crippen molar-refractivity contribution in [1.82, 2.24) is 24.4 Å². The van der Waals surface area contributed by atoms with Gasteiger partial charge in [0.25, 0.3) is 0 Å². The van der Waals surface area contributed by atoms with E-state index in [9.17, 15) is 0 Å². The number of aryl methyl sites for hydroxylation is 1. The number of nitrogens with zero attached hydrogens (tertiary/aromatic N) is 5. The van der Waals surface area contributed by atoms with Gasteiger partial charge in [-0.3, -0.25) is 4.90 Å². The minimum atomic E-state index is 0.562. The lowest BCUT2D eigenvalue weighted by Crippen LogP contribution is -2.31. The minimum absolute atomic E-state index is 0.562. The number of rotatable bonds is 5. The number of hydrogen-bond acceptors (Lipinski definition) is 4. The predicted molar refractivity (Wildman–Crippen MR) is 103 cm³/mol. The molecular formula is C20H22ClN5. The summed E-state index contributed by atoms with van der Waals surface area (Å²) in [4.78, 5) is 16.0. The van der Waals surface area contributed by atoms with Crippen LogP contribution in [-0.2, 0) is 26.1 Å². The van der Waals surface area contributed by atoms with E-state index in [1.165, 1.54) is 5.56 Å². The van der Waals surface area contributed by atoms with Crippen molar-refractivity contribution in [2.24, 2.45) is 0 Å². The molecule has 2 aromatic heterocycles. The van der Waals surface area contributed by atoms with Crippen LogP contribution in [0.3, 0.4) is 0 Å². The van der Waals surface area contributed by atoms with Crippen LogP contribution in [0.2, 0.25) is 5.15 Å². The zero-order valence-electron chi connectivity index (χ0n) is 14.9. The molecule has 0 saturated heterocycles. The quantitative estimate of drug-likeness (QED) is 0.640. The van der Waals surface area contributed by atoms with Crippen LogP contribution in [0.1, 0.15) is 30.2 Å². The number of aromatic nitrogens is 4. The molecule has 0 fully saturated rings. The summed E-state index contributed by atoms with van der Waals surface area (Å²) in [6, 6.07) is 10.5. The third-order valence-electron chi connectivity index (χ3n) is 4.74. The highest BCUT2D eigenvalue weighted by molar-refractivity contribution is 6.30. The molecule has 6 heteroatoms. The Labute approximate surface area is 158 Å². The molecule has 3 heterocycles. The molecule has 0 unspecified atom stereocenters. The predicted octanol–water partition coefficient (Wildman–Crippen LogP) is 3.96. The third-order valence-corrected chi connectivity index (χ3v) is 5.06. The summed E-state index contributed by atoms with van der Waals surface area (Å²) in [5.41, 5.74) is 4.36. The molecule has 26 heavy (non-hydrogen) atoms. The summed E-state index contributed by atoms with van der Waals surface area (Å²) < 4.78 is 2.09. The smallest absolute Gasteiger partial charge is 0.179 e. The molecule has 1 aliphatic heterocycles. The van der Waals surface area contributed by atoms with Gasteiger partial charge in [-0.2, -0.15) is 0 Å². The van der Waals surface area contributed by atoms with Crippen LogP contribution in [0.5, 0.6) is 0 Å². The van der Waals surface area contributed by atoms with E-state index >= 15 is 0 Å². The summed E-state index contributed by atoms with van der Waals surface area (Å²) in [5, 5.41) is 0.562. The zero-order valence-corrected chi connectivity index (χ0v) is 15.7. The molecular weight excluding hydrogens is 346 g/mol. The Kier molecular flexibility index (Phi) is 5.00. The average Bonchev–Trinajstić information content (AvgIpc) is 3.12.